The lowest BCUT2D eigenvalue weighted by Crippen LogP contribution is -2.42. The number of carbonyl (C=O) groups is 1. The maximum atomic E-state index is 11.9. The first-order valence-electron chi connectivity index (χ1n) is 5.38. The van der Waals surface area contributed by atoms with Crippen LogP contribution < -0.4 is 5.73 Å². The molecule has 0 saturated heterocycles. The summed E-state index contributed by atoms with van der Waals surface area (Å²) >= 11 is 1.53. The number of carbonyl (C=O) groups excluding carboxylic acids is 1. The van der Waals surface area contributed by atoms with E-state index in [2.05, 4.69) is 18.8 Å². The van der Waals surface area contributed by atoms with Crippen LogP contribution in [-0.4, -0.2) is 28.9 Å². The predicted octanol–water partition coefficient (Wildman–Crippen LogP) is 1.47. The maximum absolute atomic E-state index is 11.9. The molecule has 0 bridgehead atoms. The zero-order chi connectivity index (χ0) is 12.1. The van der Waals surface area contributed by atoms with Crippen molar-refractivity contribution in [2.24, 2.45) is 11.7 Å². The van der Waals surface area contributed by atoms with Crippen LogP contribution in [0.25, 0.3) is 0 Å². The molecule has 1 rings (SSSR count). The molecule has 0 spiro atoms. The molecule has 0 aliphatic heterocycles. The maximum Gasteiger partial charge on any atom is 0.239 e. The standard InChI is InChI=1S/C11H19N3OS/c1-8(2)4-10(12)11(15)14(3)5-9-6-16-7-13-9/h6-8,10H,4-5,12H2,1-3H3/t10-/m0/s1. The van der Waals surface area contributed by atoms with Crippen molar-refractivity contribution in [2.75, 3.05) is 7.05 Å². The number of amides is 1. The number of rotatable bonds is 5. The minimum absolute atomic E-state index is 0.0123. The van der Waals surface area contributed by atoms with Crippen LogP contribution in [-0.2, 0) is 11.3 Å². The minimum Gasteiger partial charge on any atom is -0.338 e. The summed E-state index contributed by atoms with van der Waals surface area (Å²) in [5.41, 5.74) is 8.52. The Bertz CT molecular complexity index is 324. The molecule has 0 aliphatic carbocycles. The topological polar surface area (TPSA) is 59.2 Å². The number of hydrogen-bond acceptors (Lipinski definition) is 4. The lowest BCUT2D eigenvalue weighted by Gasteiger charge is -2.21. The minimum atomic E-state index is -0.399. The Morgan fingerprint density at radius 1 is 1.62 bits per heavy atom. The fourth-order valence-electron chi connectivity index (χ4n) is 1.53. The number of aromatic nitrogens is 1. The summed E-state index contributed by atoms with van der Waals surface area (Å²) in [7, 11) is 1.77. The van der Waals surface area contributed by atoms with Gasteiger partial charge in [0.1, 0.15) is 0 Å². The predicted molar refractivity (Wildman–Crippen MR) is 66.0 cm³/mol. The largest absolute Gasteiger partial charge is 0.338 e. The van der Waals surface area contributed by atoms with Crippen molar-refractivity contribution >= 4 is 17.2 Å². The van der Waals surface area contributed by atoms with Gasteiger partial charge in [-0.1, -0.05) is 13.8 Å². The Morgan fingerprint density at radius 2 is 2.31 bits per heavy atom. The Hall–Kier alpha value is -0.940. The van der Waals surface area contributed by atoms with E-state index in [4.69, 9.17) is 5.73 Å². The highest BCUT2D eigenvalue weighted by molar-refractivity contribution is 7.07. The van der Waals surface area contributed by atoms with Gasteiger partial charge in [-0.25, -0.2) is 4.98 Å². The number of thiazole rings is 1. The summed E-state index contributed by atoms with van der Waals surface area (Å²) in [6.07, 6.45) is 0.722. The van der Waals surface area contributed by atoms with Crippen LogP contribution in [0.1, 0.15) is 26.0 Å². The highest BCUT2D eigenvalue weighted by atomic mass is 32.1. The molecule has 0 fully saturated rings. The van der Waals surface area contributed by atoms with Gasteiger partial charge in [0.25, 0.3) is 0 Å². The molecule has 0 radical (unpaired) electrons. The van der Waals surface area contributed by atoms with Gasteiger partial charge in [-0.2, -0.15) is 0 Å². The fourth-order valence-corrected chi connectivity index (χ4v) is 2.08. The van der Waals surface area contributed by atoms with Crippen molar-refractivity contribution in [3.8, 4) is 0 Å². The van der Waals surface area contributed by atoms with E-state index in [9.17, 15) is 4.79 Å². The fraction of sp³-hybridized carbons (Fsp3) is 0.636. The normalized spacial score (nSPS) is 12.8. The molecule has 1 atom stereocenters. The van der Waals surface area contributed by atoms with E-state index < -0.39 is 6.04 Å². The molecule has 16 heavy (non-hydrogen) atoms. The highest BCUT2D eigenvalue weighted by Gasteiger charge is 2.19. The third-order valence-corrected chi connectivity index (χ3v) is 2.94. The van der Waals surface area contributed by atoms with Crippen LogP contribution in [0.4, 0.5) is 0 Å². The van der Waals surface area contributed by atoms with E-state index in [1.165, 1.54) is 11.3 Å². The SMILES string of the molecule is CC(C)C[C@H](N)C(=O)N(C)Cc1cscn1. The van der Waals surface area contributed by atoms with Crippen LogP contribution in [0, 0.1) is 5.92 Å². The molecule has 1 amide bonds. The molecule has 0 aromatic carbocycles. The van der Waals surface area contributed by atoms with Crippen molar-refractivity contribution in [3.05, 3.63) is 16.6 Å². The van der Waals surface area contributed by atoms with Gasteiger partial charge in [0.15, 0.2) is 0 Å². The summed E-state index contributed by atoms with van der Waals surface area (Å²) < 4.78 is 0. The van der Waals surface area contributed by atoms with Gasteiger partial charge in [0, 0.05) is 12.4 Å². The van der Waals surface area contributed by atoms with Crippen LogP contribution in [0.2, 0.25) is 0 Å². The second kappa shape index (κ2) is 5.96. The molecule has 0 saturated carbocycles. The molecular formula is C11H19N3OS. The van der Waals surface area contributed by atoms with Crippen LogP contribution in [0.15, 0.2) is 10.9 Å². The lowest BCUT2D eigenvalue weighted by molar-refractivity contribution is -0.132. The van der Waals surface area contributed by atoms with Crippen molar-refractivity contribution in [3.63, 3.8) is 0 Å². The van der Waals surface area contributed by atoms with E-state index in [1.54, 1.807) is 17.5 Å². The smallest absolute Gasteiger partial charge is 0.239 e. The summed E-state index contributed by atoms with van der Waals surface area (Å²) in [4.78, 5) is 17.7. The number of hydrogen-bond donors (Lipinski definition) is 1. The monoisotopic (exact) mass is 241 g/mol. The van der Waals surface area contributed by atoms with Crippen LogP contribution in [0.3, 0.4) is 0 Å². The first-order valence-corrected chi connectivity index (χ1v) is 6.32. The Kier molecular flexibility index (Phi) is 4.89. The average Bonchev–Trinajstić information content (AvgIpc) is 2.68. The Labute approximate surface area is 100 Å². The average molecular weight is 241 g/mol. The lowest BCUT2D eigenvalue weighted by atomic mass is 10.0. The highest BCUT2D eigenvalue weighted by Crippen LogP contribution is 2.08. The van der Waals surface area contributed by atoms with Gasteiger partial charge in [-0.3, -0.25) is 4.79 Å². The molecule has 2 N–H and O–H groups in total. The summed E-state index contributed by atoms with van der Waals surface area (Å²) in [5.74, 6) is 0.424. The van der Waals surface area contributed by atoms with Gasteiger partial charge in [-0.15, -0.1) is 11.3 Å². The zero-order valence-electron chi connectivity index (χ0n) is 10.0. The van der Waals surface area contributed by atoms with E-state index in [0.29, 0.717) is 12.5 Å². The van der Waals surface area contributed by atoms with Crippen molar-refractivity contribution in [1.29, 1.82) is 0 Å². The van der Waals surface area contributed by atoms with Crippen molar-refractivity contribution in [2.45, 2.75) is 32.9 Å². The summed E-state index contributed by atoms with van der Waals surface area (Å²) in [5, 5.41) is 1.94. The van der Waals surface area contributed by atoms with Crippen molar-refractivity contribution in [1.82, 2.24) is 9.88 Å². The van der Waals surface area contributed by atoms with Crippen LogP contribution >= 0.6 is 11.3 Å². The molecule has 0 aliphatic rings. The summed E-state index contributed by atoms with van der Waals surface area (Å²) in [6, 6.07) is -0.399. The number of nitrogens with two attached hydrogens (primary N) is 1. The molecular weight excluding hydrogens is 222 g/mol. The number of nitrogens with zero attached hydrogens (tertiary/aromatic N) is 2. The molecule has 1 aromatic rings. The zero-order valence-corrected chi connectivity index (χ0v) is 10.8. The van der Waals surface area contributed by atoms with E-state index in [1.807, 2.05) is 5.38 Å². The molecule has 1 heterocycles. The van der Waals surface area contributed by atoms with E-state index in [-0.39, 0.29) is 5.91 Å². The van der Waals surface area contributed by atoms with Gasteiger partial charge < -0.3 is 10.6 Å². The quantitative estimate of drug-likeness (QED) is 0.849. The summed E-state index contributed by atoms with van der Waals surface area (Å²) in [6.45, 7) is 4.66. The Balaban J connectivity index is 2.47. The first-order chi connectivity index (χ1) is 7.50. The second-order valence-electron chi connectivity index (χ2n) is 4.41. The van der Waals surface area contributed by atoms with Gasteiger partial charge in [-0.05, 0) is 12.3 Å². The molecule has 1 aromatic heterocycles. The first kappa shape index (κ1) is 13.1. The van der Waals surface area contributed by atoms with Crippen LogP contribution in [0.5, 0.6) is 0 Å². The van der Waals surface area contributed by atoms with Gasteiger partial charge >= 0.3 is 0 Å². The molecule has 5 heteroatoms. The molecule has 4 nitrogen and oxygen atoms in total. The second-order valence-corrected chi connectivity index (χ2v) is 5.13. The van der Waals surface area contributed by atoms with Gasteiger partial charge in [0.2, 0.25) is 5.91 Å². The Morgan fingerprint density at radius 3 is 2.81 bits per heavy atom. The van der Waals surface area contributed by atoms with E-state index >= 15 is 0 Å². The molecule has 0 unspecified atom stereocenters. The molecule has 90 valence electrons. The number of likely N-dealkylation sites (N-methyl/N-ethyl adjacent to an activating group) is 1. The van der Waals surface area contributed by atoms with E-state index in [0.717, 1.165) is 12.1 Å². The third-order valence-electron chi connectivity index (χ3n) is 2.30. The third kappa shape index (κ3) is 3.90. The van der Waals surface area contributed by atoms with Gasteiger partial charge in [0.05, 0.1) is 23.8 Å². The van der Waals surface area contributed by atoms with Crippen molar-refractivity contribution < 1.29 is 4.79 Å².